The highest BCUT2D eigenvalue weighted by atomic mass is 32.2. The summed E-state index contributed by atoms with van der Waals surface area (Å²) >= 11 is 1.58. The van der Waals surface area contributed by atoms with Crippen molar-refractivity contribution in [1.29, 1.82) is 0 Å². The van der Waals surface area contributed by atoms with Crippen LogP contribution in [-0.4, -0.2) is 38.4 Å². The molecule has 27 heavy (non-hydrogen) atoms. The number of rotatable bonds is 7. The molecule has 0 saturated heterocycles. The molecule has 1 aliphatic rings. The third-order valence-corrected chi connectivity index (χ3v) is 5.73. The minimum absolute atomic E-state index is 0.129. The quantitative estimate of drug-likeness (QED) is 0.410. The number of methoxy groups -OCH3 is 2. The summed E-state index contributed by atoms with van der Waals surface area (Å²) in [4.78, 5) is 27.2. The van der Waals surface area contributed by atoms with E-state index in [0.29, 0.717) is 12.0 Å². The second-order valence-corrected chi connectivity index (χ2v) is 7.37. The fourth-order valence-corrected chi connectivity index (χ4v) is 4.15. The number of ether oxygens (including phenoxy) is 2. The summed E-state index contributed by atoms with van der Waals surface area (Å²) in [6, 6.07) is 13.3. The minimum Gasteiger partial charge on any atom is -0.497 e. The highest BCUT2D eigenvalue weighted by Gasteiger charge is 2.24. The molecule has 0 atom stereocenters. The summed E-state index contributed by atoms with van der Waals surface area (Å²) in [5.74, 6) is 1.32. The van der Waals surface area contributed by atoms with E-state index in [1.54, 1.807) is 24.9 Å². The first-order valence-corrected chi connectivity index (χ1v) is 9.90. The van der Waals surface area contributed by atoms with E-state index in [4.69, 9.17) is 9.47 Å². The highest BCUT2D eigenvalue weighted by molar-refractivity contribution is 7.99. The Labute approximate surface area is 163 Å². The molecule has 0 aliphatic carbocycles. The first-order chi connectivity index (χ1) is 13.1. The van der Waals surface area contributed by atoms with Gasteiger partial charge in [-0.15, -0.1) is 11.8 Å². The topological polar surface area (TPSA) is 55.8 Å². The van der Waals surface area contributed by atoms with Crippen LogP contribution in [0.5, 0.6) is 5.75 Å². The number of anilines is 1. The van der Waals surface area contributed by atoms with Crippen molar-refractivity contribution in [2.24, 2.45) is 0 Å². The average Bonchev–Trinajstić information content (AvgIpc) is 3.14. The van der Waals surface area contributed by atoms with Crippen molar-refractivity contribution in [1.82, 2.24) is 0 Å². The molecule has 142 valence electrons. The van der Waals surface area contributed by atoms with Crippen LogP contribution in [0.4, 0.5) is 5.69 Å². The summed E-state index contributed by atoms with van der Waals surface area (Å²) in [5, 5.41) is 0. The third-order valence-electron chi connectivity index (χ3n) is 4.57. The molecule has 0 fully saturated rings. The van der Waals surface area contributed by atoms with Gasteiger partial charge in [0.25, 0.3) is 0 Å². The Balaban J connectivity index is 1.54. The smallest absolute Gasteiger partial charge is 0.338 e. The number of carbonyl (C=O) groups is 2. The number of thioether (sulfide) groups is 1. The van der Waals surface area contributed by atoms with Gasteiger partial charge in [0.1, 0.15) is 5.75 Å². The largest absolute Gasteiger partial charge is 0.497 e. The summed E-state index contributed by atoms with van der Waals surface area (Å²) < 4.78 is 10.1. The monoisotopic (exact) mass is 385 g/mol. The summed E-state index contributed by atoms with van der Waals surface area (Å²) in [6.07, 6.45) is 2.10. The zero-order chi connectivity index (χ0) is 19.2. The fraction of sp³-hybridized carbons (Fsp3) is 0.333. The lowest BCUT2D eigenvalue weighted by molar-refractivity contribution is -0.118. The minimum atomic E-state index is -0.336. The maximum atomic E-state index is 12.6. The lowest BCUT2D eigenvalue weighted by Crippen LogP contribution is -2.28. The van der Waals surface area contributed by atoms with Gasteiger partial charge in [-0.2, -0.15) is 0 Å². The van der Waals surface area contributed by atoms with Crippen molar-refractivity contribution in [2.45, 2.75) is 24.2 Å². The fourth-order valence-electron chi connectivity index (χ4n) is 3.16. The average molecular weight is 385 g/mol. The zero-order valence-corrected chi connectivity index (χ0v) is 16.4. The van der Waals surface area contributed by atoms with Gasteiger partial charge >= 0.3 is 5.97 Å². The predicted molar refractivity (Wildman–Crippen MR) is 107 cm³/mol. The molecule has 2 aromatic rings. The first kappa shape index (κ1) is 19.3. The number of amides is 1. The second kappa shape index (κ2) is 8.95. The molecule has 0 unspecified atom stereocenters. The molecule has 0 N–H and O–H groups in total. The van der Waals surface area contributed by atoms with Crippen molar-refractivity contribution >= 4 is 29.3 Å². The van der Waals surface area contributed by atoms with Crippen LogP contribution in [0.3, 0.4) is 0 Å². The molecule has 1 aliphatic heterocycles. The molecule has 0 aromatic heterocycles. The lowest BCUT2D eigenvalue weighted by Gasteiger charge is -2.18. The molecule has 5 nitrogen and oxygen atoms in total. The standard InChI is InChI=1S/C21H23NO4S/c1-25-16-10-9-15-11-12-22(18(15)14-16)20(23)8-5-13-27-19-7-4-3-6-17(19)21(24)26-2/h3-4,6-7,9-10,14H,5,8,11-13H2,1-2H3. The molecule has 3 rings (SSSR count). The molecular weight excluding hydrogens is 362 g/mol. The van der Waals surface area contributed by atoms with Crippen LogP contribution in [0.2, 0.25) is 0 Å². The molecule has 0 bridgehead atoms. The van der Waals surface area contributed by atoms with Crippen LogP contribution in [0, 0.1) is 0 Å². The van der Waals surface area contributed by atoms with E-state index in [1.165, 1.54) is 12.7 Å². The van der Waals surface area contributed by atoms with E-state index in [2.05, 4.69) is 0 Å². The third kappa shape index (κ3) is 4.45. The number of fused-ring (bicyclic) bond motifs is 1. The normalized spacial score (nSPS) is 12.6. The van der Waals surface area contributed by atoms with E-state index < -0.39 is 0 Å². The van der Waals surface area contributed by atoms with Gasteiger partial charge in [-0.25, -0.2) is 4.79 Å². The van der Waals surface area contributed by atoms with Gasteiger partial charge in [0.2, 0.25) is 5.91 Å². The molecule has 0 spiro atoms. The Morgan fingerprint density at radius 3 is 2.74 bits per heavy atom. The van der Waals surface area contributed by atoms with Gasteiger partial charge in [-0.1, -0.05) is 18.2 Å². The highest BCUT2D eigenvalue weighted by Crippen LogP contribution is 2.32. The number of carbonyl (C=O) groups excluding carboxylic acids is 2. The summed E-state index contributed by atoms with van der Waals surface area (Å²) in [5.41, 5.74) is 2.71. The van der Waals surface area contributed by atoms with Gasteiger partial charge < -0.3 is 14.4 Å². The van der Waals surface area contributed by atoms with Crippen LogP contribution >= 0.6 is 11.8 Å². The number of benzene rings is 2. The van der Waals surface area contributed by atoms with E-state index >= 15 is 0 Å². The summed E-state index contributed by atoms with van der Waals surface area (Å²) in [7, 11) is 3.01. The zero-order valence-electron chi connectivity index (χ0n) is 15.6. The maximum Gasteiger partial charge on any atom is 0.338 e. The predicted octanol–water partition coefficient (Wildman–Crippen LogP) is 3.94. The lowest BCUT2D eigenvalue weighted by atomic mass is 10.1. The number of hydrogen-bond donors (Lipinski definition) is 0. The van der Waals surface area contributed by atoms with Gasteiger partial charge in [0, 0.05) is 23.9 Å². The molecule has 1 heterocycles. The van der Waals surface area contributed by atoms with Gasteiger partial charge in [0.15, 0.2) is 0 Å². The SMILES string of the molecule is COC(=O)c1ccccc1SCCCC(=O)N1CCc2ccc(OC)cc21. The van der Waals surface area contributed by atoms with E-state index in [1.807, 2.05) is 41.3 Å². The maximum absolute atomic E-state index is 12.6. The Kier molecular flexibility index (Phi) is 6.40. The van der Waals surface area contributed by atoms with Crippen LogP contribution in [-0.2, 0) is 16.0 Å². The molecule has 1 amide bonds. The van der Waals surface area contributed by atoms with E-state index in [9.17, 15) is 9.59 Å². The van der Waals surface area contributed by atoms with Crippen molar-refractivity contribution in [2.75, 3.05) is 31.4 Å². The van der Waals surface area contributed by atoms with E-state index in [-0.39, 0.29) is 11.9 Å². The molecule has 2 aromatic carbocycles. The summed E-state index contributed by atoms with van der Waals surface area (Å²) in [6.45, 7) is 0.722. The molecule has 0 radical (unpaired) electrons. The Morgan fingerprint density at radius 1 is 1.15 bits per heavy atom. The van der Waals surface area contributed by atoms with Crippen LogP contribution < -0.4 is 9.64 Å². The number of hydrogen-bond acceptors (Lipinski definition) is 5. The Bertz CT molecular complexity index is 837. The van der Waals surface area contributed by atoms with Crippen LogP contribution in [0.15, 0.2) is 47.4 Å². The van der Waals surface area contributed by atoms with Gasteiger partial charge in [-0.3, -0.25) is 4.79 Å². The van der Waals surface area contributed by atoms with Gasteiger partial charge in [0.05, 0.1) is 25.5 Å². The Morgan fingerprint density at radius 2 is 1.96 bits per heavy atom. The molecular formula is C21H23NO4S. The van der Waals surface area contributed by atoms with Crippen molar-refractivity contribution in [3.63, 3.8) is 0 Å². The first-order valence-electron chi connectivity index (χ1n) is 8.91. The van der Waals surface area contributed by atoms with Gasteiger partial charge in [-0.05, 0) is 42.4 Å². The van der Waals surface area contributed by atoms with Crippen molar-refractivity contribution < 1.29 is 19.1 Å². The van der Waals surface area contributed by atoms with E-state index in [0.717, 1.165) is 41.5 Å². The molecule has 6 heteroatoms. The van der Waals surface area contributed by atoms with Crippen LogP contribution in [0.1, 0.15) is 28.8 Å². The van der Waals surface area contributed by atoms with Crippen molar-refractivity contribution in [3.05, 3.63) is 53.6 Å². The van der Waals surface area contributed by atoms with Crippen LogP contribution in [0.25, 0.3) is 0 Å². The van der Waals surface area contributed by atoms with Crippen molar-refractivity contribution in [3.8, 4) is 5.75 Å². The second-order valence-electron chi connectivity index (χ2n) is 6.23. The molecule has 0 saturated carbocycles. The number of nitrogens with zero attached hydrogens (tertiary/aromatic N) is 1. The number of esters is 1. The Hall–Kier alpha value is -2.47.